The molecule has 0 unspecified atom stereocenters. The van der Waals surface area contributed by atoms with Crippen molar-refractivity contribution in [2.75, 3.05) is 13.7 Å². The van der Waals surface area contributed by atoms with Crippen LogP contribution in [0.1, 0.15) is 5.56 Å². The highest BCUT2D eigenvalue weighted by Crippen LogP contribution is 2.24. The lowest BCUT2D eigenvalue weighted by Crippen LogP contribution is -2.44. The zero-order valence-corrected chi connectivity index (χ0v) is 12.7. The number of ether oxygens (including phenoxy) is 1. The summed E-state index contributed by atoms with van der Waals surface area (Å²) in [6.45, 7) is -0.217. The second-order valence-electron chi connectivity index (χ2n) is 3.89. The summed E-state index contributed by atoms with van der Waals surface area (Å²) < 4.78 is 4.84. The van der Waals surface area contributed by atoms with E-state index in [1.165, 1.54) is 13.2 Å². The summed E-state index contributed by atoms with van der Waals surface area (Å²) in [5.41, 5.74) is 5.03. The summed E-state index contributed by atoms with van der Waals surface area (Å²) >= 11 is 3.14. The summed E-state index contributed by atoms with van der Waals surface area (Å²) in [7, 11) is 1.22. The molecule has 114 valence electrons. The molecule has 0 saturated heterocycles. The van der Waals surface area contributed by atoms with Crippen molar-refractivity contribution in [3.8, 4) is 5.75 Å². The van der Waals surface area contributed by atoms with Gasteiger partial charge in [-0.05, 0) is 33.6 Å². The molecule has 4 N–H and O–H groups in total. The van der Waals surface area contributed by atoms with Crippen molar-refractivity contribution in [2.45, 2.75) is 6.42 Å². The first kappa shape index (κ1) is 16.9. The molecular weight excluding hydrogens is 346 g/mol. The largest absolute Gasteiger partial charge is 0.507 e. The Kier molecular flexibility index (Phi) is 6.63. The van der Waals surface area contributed by atoms with Crippen molar-refractivity contribution >= 4 is 33.5 Å². The molecule has 0 heterocycles. The van der Waals surface area contributed by atoms with E-state index < -0.39 is 11.9 Å². The number of hydrazine groups is 1. The highest BCUT2D eigenvalue weighted by molar-refractivity contribution is 9.10. The Morgan fingerprint density at radius 3 is 2.71 bits per heavy atom. The van der Waals surface area contributed by atoms with Crippen LogP contribution in [-0.4, -0.2) is 41.6 Å². The minimum absolute atomic E-state index is 0.0428. The monoisotopic (exact) mass is 359 g/mol. The fourth-order valence-electron chi connectivity index (χ4n) is 1.36. The van der Waals surface area contributed by atoms with E-state index in [9.17, 15) is 14.7 Å². The van der Waals surface area contributed by atoms with Crippen LogP contribution >= 0.6 is 15.9 Å². The SMILES string of the molecule is COC(=O)CNNC(=O)/C(Cc1ccc(O)c(Br)c1)=N/O. The van der Waals surface area contributed by atoms with Crippen LogP contribution in [0, 0.1) is 0 Å². The predicted molar refractivity (Wildman–Crippen MR) is 76.9 cm³/mol. The van der Waals surface area contributed by atoms with Gasteiger partial charge in [0, 0.05) is 6.42 Å². The third-order valence-electron chi connectivity index (χ3n) is 2.43. The number of hydrogen-bond acceptors (Lipinski definition) is 7. The number of aromatic hydroxyl groups is 1. The Balaban J connectivity index is 2.60. The van der Waals surface area contributed by atoms with E-state index in [1.807, 2.05) is 0 Å². The maximum atomic E-state index is 11.7. The molecule has 0 aliphatic heterocycles. The van der Waals surface area contributed by atoms with Gasteiger partial charge in [0.1, 0.15) is 18.0 Å². The third kappa shape index (κ3) is 5.40. The lowest BCUT2D eigenvalue weighted by molar-refractivity contribution is -0.139. The number of hydrogen-bond donors (Lipinski definition) is 4. The van der Waals surface area contributed by atoms with Crippen LogP contribution < -0.4 is 10.9 Å². The van der Waals surface area contributed by atoms with Gasteiger partial charge in [0.15, 0.2) is 0 Å². The Bertz CT molecular complexity index is 562. The molecule has 1 aromatic rings. The van der Waals surface area contributed by atoms with E-state index in [4.69, 9.17) is 5.21 Å². The van der Waals surface area contributed by atoms with Crippen molar-refractivity contribution in [3.05, 3.63) is 28.2 Å². The Morgan fingerprint density at radius 1 is 1.43 bits per heavy atom. The molecule has 8 nitrogen and oxygen atoms in total. The van der Waals surface area contributed by atoms with E-state index in [-0.39, 0.29) is 24.4 Å². The molecule has 21 heavy (non-hydrogen) atoms. The summed E-state index contributed by atoms with van der Waals surface area (Å²) in [4.78, 5) is 22.6. The van der Waals surface area contributed by atoms with Crippen LogP contribution in [0.15, 0.2) is 27.8 Å². The Labute approximate surface area is 128 Å². The summed E-state index contributed by atoms with van der Waals surface area (Å²) in [6, 6.07) is 4.62. The van der Waals surface area contributed by atoms with Crippen molar-refractivity contribution < 1.29 is 24.6 Å². The van der Waals surface area contributed by atoms with Gasteiger partial charge in [-0.1, -0.05) is 11.2 Å². The van der Waals surface area contributed by atoms with Crippen LogP contribution in [0.2, 0.25) is 0 Å². The zero-order chi connectivity index (χ0) is 15.8. The number of methoxy groups -OCH3 is 1. The van der Waals surface area contributed by atoms with Crippen molar-refractivity contribution in [2.24, 2.45) is 5.16 Å². The number of benzene rings is 1. The van der Waals surface area contributed by atoms with Gasteiger partial charge in [-0.2, -0.15) is 0 Å². The quantitative estimate of drug-likeness (QED) is 0.251. The standard InChI is InChI=1S/C12H14BrN3O5/c1-21-11(18)6-14-15-12(19)9(16-20)5-7-2-3-10(17)8(13)4-7/h2-4,14,17,20H,5-6H2,1H3,(H,15,19)/b16-9+. The molecular formula is C12H14BrN3O5. The first-order valence-corrected chi connectivity index (χ1v) is 6.55. The number of halogens is 1. The van der Waals surface area contributed by atoms with E-state index >= 15 is 0 Å². The summed E-state index contributed by atoms with van der Waals surface area (Å²) in [5, 5.41) is 21.2. The topological polar surface area (TPSA) is 120 Å². The fraction of sp³-hybridized carbons (Fsp3) is 0.250. The molecule has 0 fully saturated rings. The molecule has 0 aliphatic rings. The summed E-state index contributed by atoms with van der Waals surface area (Å²) in [5.74, 6) is -1.18. The Morgan fingerprint density at radius 2 is 2.14 bits per heavy atom. The normalized spacial score (nSPS) is 11.0. The number of nitrogens with one attached hydrogen (secondary N) is 2. The van der Waals surface area contributed by atoms with E-state index in [0.717, 1.165) is 0 Å². The van der Waals surface area contributed by atoms with Gasteiger partial charge >= 0.3 is 5.97 Å². The molecule has 9 heteroatoms. The van der Waals surface area contributed by atoms with Crippen molar-refractivity contribution in [3.63, 3.8) is 0 Å². The van der Waals surface area contributed by atoms with Gasteiger partial charge in [0.2, 0.25) is 0 Å². The Hall–Kier alpha value is -2.13. The van der Waals surface area contributed by atoms with Crippen LogP contribution in [0.5, 0.6) is 5.75 Å². The number of phenols is 1. The predicted octanol–water partition coefficient (Wildman–Crippen LogP) is 0.321. The van der Waals surface area contributed by atoms with Crippen molar-refractivity contribution in [1.82, 2.24) is 10.9 Å². The van der Waals surface area contributed by atoms with Crippen LogP contribution in [0.25, 0.3) is 0 Å². The van der Waals surface area contributed by atoms with Gasteiger partial charge in [0.05, 0.1) is 11.6 Å². The molecule has 0 aromatic heterocycles. The number of oxime groups is 1. The number of nitrogens with zero attached hydrogens (tertiary/aromatic N) is 1. The maximum absolute atomic E-state index is 11.7. The van der Waals surface area contributed by atoms with Gasteiger partial charge in [-0.3, -0.25) is 15.0 Å². The van der Waals surface area contributed by atoms with E-state index in [1.54, 1.807) is 12.1 Å². The van der Waals surface area contributed by atoms with E-state index in [0.29, 0.717) is 10.0 Å². The van der Waals surface area contributed by atoms with Gasteiger partial charge in [0.25, 0.3) is 5.91 Å². The molecule has 1 rings (SSSR count). The maximum Gasteiger partial charge on any atom is 0.321 e. The van der Waals surface area contributed by atoms with E-state index in [2.05, 4.69) is 36.7 Å². The first-order valence-electron chi connectivity index (χ1n) is 5.76. The minimum atomic E-state index is -0.689. The lowest BCUT2D eigenvalue weighted by atomic mass is 10.1. The number of rotatable bonds is 6. The van der Waals surface area contributed by atoms with Crippen LogP contribution in [0.4, 0.5) is 0 Å². The third-order valence-corrected chi connectivity index (χ3v) is 3.06. The molecule has 0 saturated carbocycles. The molecule has 0 bridgehead atoms. The second-order valence-corrected chi connectivity index (χ2v) is 4.75. The number of carbonyl (C=O) groups excluding carboxylic acids is 2. The highest BCUT2D eigenvalue weighted by atomic mass is 79.9. The first-order chi connectivity index (χ1) is 9.97. The molecule has 1 amide bonds. The highest BCUT2D eigenvalue weighted by Gasteiger charge is 2.14. The number of esters is 1. The molecule has 0 atom stereocenters. The minimum Gasteiger partial charge on any atom is -0.507 e. The fourth-order valence-corrected chi connectivity index (χ4v) is 1.78. The average molecular weight is 360 g/mol. The van der Waals surface area contributed by atoms with Gasteiger partial charge in [-0.25, -0.2) is 5.43 Å². The van der Waals surface area contributed by atoms with Crippen LogP contribution in [-0.2, 0) is 20.7 Å². The number of phenolic OH excluding ortho intramolecular Hbond substituents is 1. The molecule has 1 aromatic carbocycles. The van der Waals surface area contributed by atoms with Gasteiger partial charge < -0.3 is 15.1 Å². The second kappa shape index (κ2) is 8.22. The molecule has 0 spiro atoms. The lowest BCUT2D eigenvalue weighted by Gasteiger charge is -2.08. The van der Waals surface area contributed by atoms with Gasteiger partial charge in [-0.15, -0.1) is 0 Å². The number of amides is 1. The molecule has 0 radical (unpaired) electrons. The van der Waals surface area contributed by atoms with Crippen molar-refractivity contribution in [1.29, 1.82) is 0 Å². The smallest absolute Gasteiger partial charge is 0.321 e. The summed E-state index contributed by atoms with van der Waals surface area (Å²) in [6.07, 6.45) is 0.0428. The van der Waals surface area contributed by atoms with Crippen LogP contribution in [0.3, 0.4) is 0 Å². The zero-order valence-electron chi connectivity index (χ0n) is 11.1. The number of carbonyl (C=O) groups is 2. The molecule has 0 aliphatic carbocycles. The average Bonchev–Trinajstić information content (AvgIpc) is 2.47.